The van der Waals surface area contributed by atoms with Crippen molar-refractivity contribution in [2.75, 3.05) is 5.73 Å². The third kappa shape index (κ3) is 3.50. The van der Waals surface area contributed by atoms with Crippen LogP contribution in [0.25, 0.3) is 0 Å². The van der Waals surface area contributed by atoms with Crippen molar-refractivity contribution in [3.8, 4) is 6.07 Å². The van der Waals surface area contributed by atoms with Crippen LogP contribution in [-0.2, 0) is 11.3 Å². The van der Waals surface area contributed by atoms with Crippen molar-refractivity contribution in [2.24, 2.45) is 0 Å². The molecule has 0 saturated carbocycles. The zero-order valence-corrected chi connectivity index (χ0v) is 11.5. The van der Waals surface area contributed by atoms with Crippen LogP contribution >= 0.6 is 11.6 Å². The molecule has 0 aliphatic carbocycles. The third-order valence-corrected chi connectivity index (χ3v) is 3.12. The summed E-state index contributed by atoms with van der Waals surface area (Å²) in [4.78, 5) is 11.9. The van der Waals surface area contributed by atoms with Crippen molar-refractivity contribution in [1.29, 1.82) is 5.26 Å². The number of rotatable bonds is 3. The summed E-state index contributed by atoms with van der Waals surface area (Å²) in [6.45, 7) is -0.206. The van der Waals surface area contributed by atoms with Gasteiger partial charge in [0.05, 0.1) is 27.9 Å². The van der Waals surface area contributed by atoms with E-state index in [9.17, 15) is 9.18 Å². The molecule has 106 valence electrons. The molecule has 2 aromatic carbocycles. The van der Waals surface area contributed by atoms with Gasteiger partial charge in [0.2, 0.25) is 0 Å². The Hall–Kier alpha value is -2.58. The van der Waals surface area contributed by atoms with Gasteiger partial charge < -0.3 is 10.5 Å². The summed E-state index contributed by atoms with van der Waals surface area (Å²) in [6.07, 6.45) is 0. The van der Waals surface area contributed by atoms with Crippen LogP contribution in [0.3, 0.4) is 0 Å². The predicted octanol–water partition coefficient (Wildman–Crippen LogP) is 3.29. The van der Waals surface area contributed by atoms with E-state index in [1.807, 2.05) is 6.07 Å². The van der Waals surface area contributed by atoms with Crippen molar-refractivity contribution in [3.05, 3.63) is 63.9 Å². The van der Waals surface area contributed by atoms with Gasteiger partial charge in [0.25, 0.3) is 0 Å². The molecule has 0 spiro atoms. The van der Waals surface area contributed by atoms with Crippen LogP contribution in [0.4, 0.5) is 10.1 Å². The first-order valence-electron chi connectivity index (χ1n) is 5.92. The van der Waals surface area contributed by atoms with E-state index < -0.39 is 11.8 Å². The van der Waals surface area contributed by atoms with E-state index in [4.69, 9.17) is 27.3 Å². The Morgan fingerprint density at radius 2 is 2.10 bits per heavy atom. The molecule has 0 bridgehead atoms. The van der Waals surface area contributed by atoms with Gasteiger partial charge >= 0.3 is 5.97 Å². The van der Waals surface area contributed by atoms with E-state index in [0.717, 1.165) is 6.07 Å². The smallest absolute Gasteiger partial charge is 0.338 e. The summed E-state index contributed by atoms with van der Waals surface area (Å²) in [6, 6.07) is 9.91. The van der Waals surface area contributed by atoms with Gasteiger partial charge in [0, 0.05) is 5.56 Å². The molecule has 0 saturated heterocycles. The zero-order valence-electron chi connectivity index (χ0n) is 10.8. The molecule has 4 nitrogen and oxygen atoms in total. The number of ether oxygens (including phenoxy) is 1. The Morgan fingerprint density at radius 1 is 1.33 bits per heavy atom. The van der Waals surface area contributed by atoms with Crippen molar-refractivity contribution >= 4 is 23.3 Å². The molecule has 0 fully saturated rings. The number of carbonyl (C=O) groups excluding carboxylic acids is 1. The Morgan fingerprint density at radius 3 is 2.76 bits per heavy atom. The van der Waals surface area contributed by atoms with Crippen molar-refractivity contribution in [1.82, 2.24) is 0 Å². The standard InChI is InChI=1S/C15H10ClFN2O2/c16-13-4-2-9(6-14(13)19)15(20)21-8-11-5-12(17)3-1-10(11)7-18/h1-6H,8,19H2. The number of nitrogens with zero attached hydrogens (tertiary/aromatic N) is 1. The first-order chi connectivity index (χ1) is 10.0. The predicted molar refractivity (Wildman–Crippen MR) is 76.1 cm³/mol. The Bertz CT molecular complexity index is 741. The minimum atomic E-state index is -0.633. The first kappa shape index (κ1) is 14.8. The number of carbonyl (C=O) groups is 1. The van der Waals surface area contributed by atoms with E-state index in [2.05, 4.69) is 0 Å². The first-order valence-corrected chi connectivity index (χ1v) is 6.29. The van der Waals surface area contributed by atoms with Crippen LogP contribution < -0.4 is 5.73 Å². The molecule has 0 heterocycles. The summed E-state index contributed by atoms with van der Waals surface area (Å²) >= 11 is 5.76. The van der Waals surface area contributed by atoms with E-state index >= 15 is 0 Å². The lowest BCUT2D eigenvalue weighted by molar-refractivity contribution is 0.0472. The molecule has 0 atom stereocenters. The fourth-order valence-electron chi connectivity index (χ4n) is 1.69. The number of hydrogen-bond donors (Lipinski definition) is 1. The second kappa shape index (κ2) is 6.25. The topological polar surface area (TPSA) is 76.1 Å². The maximum atomic E-state index is 13.1. The second-order valence-corrected chi connectivity index (χ2v) is 4.63. The minimum absolute atomic E-state index is 0.206. The highest BCUT2D eigenvalue weighted by Gasteiger charge is 2.11. The van der Waals surface area contributed by atoms with Crippen LogP contribution in [0.1, 0.15) is 21.5 Å². The van der Waals surface area contributed by atoms with Gasteiger partial charge in [-0.05, 0) is 36.4 Å². The maximum absolute atomic E-state index is 13.1. The SMILES string of the molecule is N#Cc1ccc(F)cc1COC(=O)c1ccc(Cl)c(N)c1. The van der Waals surface area contributed by atoms with E-state index in [1.165, 1.54) is 30.3 Å². The quantitative estimate of drug-likeness (QED) is 0.697. The number of nitrogens with two attached hydrogens (primary N) is 1. The molecule has 2 rings (SSSR count). The van der Waals surface area contributed by atoms with Crippen molar-refractivity contribution in [3.63, 3.8) is 0 Å². The van der Waals surface area contributed by atoms with Gasteiger partial charge in [-0.3, -0.25) is 0 Å². The number of anilines is 1. The number of halogens is 2. The number of nitrogen functional groups attached to an aromatic ring is 1. The van der Waals surface area contributed by atoms with Gasteiger partial charge in [-0.25, -0.2) is 9.18 Å². The highest BCUT2D eigenvalue weighted by molar-refractivity contribution is 6.33. The molecular formula is C15H10ClFN2O2. The average Bonchev–Trinajstić information content (AvgIpc) is 2.47. The van der Waals surface area contributed by atoms with Gasteiger partial charge in [-0.15, -0.1) is 0 Å². The Balaban J connectivity index is 2.13. The molecule has 0 aromatic heterocycles. The fourth-order valence-corrected chi connectivity index (χ4v) is 1.81. The number of benzene rings is 2. The highest BCUT2D eigenvalue weighted by Crippen LogP contribution is 2.20. The molecule has 0 unspecified atom stereocenters. The van der Waals surface area contributed by atoms with Crippen LogP contribution in [-0.4, -0.2) is 5.97 Å². The normalized spacial score (nSPS) is 9.95. The molecule has 6 heteroatoms. The molecule has 0 amide bonds. The second-order valence-electron chi connectivity index (χ2n) is 4.23. The van der Waals surface area contributed by atoms with Gasteiger partial charge in [0.15, 0.2) is 0 Å². The lowest BCUT2D eigenvalue weighted by Gasteiger charge is -2.07. The molecule has 0 aliphatic heterocycles. The van der Waals surface area contributed by atoms with E-state index in [1.54, 1.807) is 0 Å². The summed E-state index contributed by atoms with van der Waals surface area (Å²) in [5.41, 5.74) is 6.63. The molecular weight excluding hydrogens is 295 g/mol. The van der Waals surface area contributed by atoms with Crippen LogP contribution in [0.15, 0.2) is 36.4 Å². The van der Waals surface area contributed by atoms with Gasteiger partial charge in [0.1, 0.15) is 12.4 Å². The van der Waals surface area contributed by atoms with E-state index in [0.29, 0.717) is 10.6 Å². The number of hydrogen-bond acceptors (Lipinski definition) is 4. The molecule has 21 heavy (non-hydrogen) atoms. The lowest BCUT2D eigenvalue weighted by atomic mass is 10.1. The van der Waals surface area contributed by atoms with Crippen molar-refractivity contribution < 1.29 is 13.9 Å². The summed E-state index contributed by atoms with van der Waals surface area (Å²) in [7, 11) is 0. The van der Waals surface area contributed by atoms with Gasteiger partial charge in [-0.2, -0.15) is 5.26 Å². The Labute approximate surface area is 125 Å². The Kier molecular flexibility index (Phi) is 4.41. The summed E-state index contributed by atoms with van der Waals surface area (Å²) in [5, 5.41) is 9.25. The summed E-state index contributed by atoms with van der Waals surface area (Å²) < 4.78 is 18.2. The molecule has 0 radical (unpaired) electrons. The summed E-state index contributed by atoms with van der Waals surface area (Å²) in [5.74, 6) is -1.14. The van der Waals surface area contributed by atoms with Crippen molar-refractivity contribution in [2.45, 2.75) is 6.61 Å². The average molecular weight is 305 g/mol. The lowest BCUT2D eigenvalue weighted by Crippen LogP contribution is -2.07. The number of nitriles is 1. The monoisotopic (exact) mass is 304 g/mol. The van der Waals surface area contributed by atoms with Gasteiger partial charge in [-0.1, -0.05) is 11.6 Å². The largest absolute Gasteiger partial charge is 0.457 e. The van der Waals surface area contributed by atoms with Crippen LogP contribution in [0.5, 0.6) is 0 Å². The van der Waals surface area contributed by atoms with Crippen LogP contribution in [0.2, 0.25) is 5.02 Å². The fraction of sp³-hybridized carbons (Fsp3) is 0.0667. The molecule has 2 N–H and O–H groups in total. The number of esters is 1. The molecule has 0 aliphatic rings. The van der Waals surface area contributed by atoms with Crippen LogP contribution in [0, 0.1) is 17.1 Å². The zero-order chi connectivity index (χ0) is 15.4. The third-order valence-electron chi connectivity index (χ3n) is 2.78. The highest BCUT2D eigenvalue weighted by atomic mass is 35.5. The maximum Gasteiger partial charge on any atom is 0.338 e. The van der Waals surface area contributed by atoms with E-state index in [-0.39, 0.29) is 23.4 Å². The minimum Gasteiger partial charge on any atom is -0.457 e. The molecule has 2 aromatic rings.